The van der Waals surface area contributed by atoms with Crippen molar-refractivity contribution in [2.45, 2.75) is 12.6 Å². The van der Waals surface area contributed by atoms with Gasteiger partial charge in [-0.05, 0) is 0 Å². The maximum atomic E-state index is 12.2. The first kappa shape index (κ1) is 6.19. The van der Waals surface area contributed by atoms with Gasteiger partial charge in [0.2, 0.25) is 6.17 Å². The van der Waals surface area contributed by atoms with Crippen LogP contribution in [-0.4, -0.2) is 24.4 Å². The first-order valence-corrected chi connectivity index (χ1v) is 2.66. The molecule has 9 heavy (non-hydrogen) atoms. The molecule has 0 aromatic rings. The Morgan fingerprint density at radius 2 is 2.22 bits per heavy atom. The Kier molecular flexibility index (Phi) is 1.46. The lowest BCUT2D eigenvalue weighted by atomic mass is 10.1. The lowest BCUT2D eigenvalue weighted by Gasteiger charge is -2.13. The SMILES string of the molecule is O=C1CCNC(=O)C1F. The predicted octanol–water partition coefficient (Wildman–Crippen LogP) is -0.587. The Morgan fingerprint density at radius 3 is 2.67 bits per heavy atom. The van der Waals surface area contributed by atoms with Crippen molar-refractivity contribution in [3.63, 3.8) is 0 Å². The molecule has 1 fully saturated rings. The topological polar surface area (TPSA) is 46.2 Å². The number of amides is 1. The van der Waals surface area contributed by atoms with Crippen molar-refractivity contribution < 1.29 is 14.0 Å². The van der Waals surface area contributed by atoms with E-state index in [1.54, 1.807) is 0 Å². The molecule has 1 rings (SSSR count). The molecule has 1 N–H and O–H groups in total. The van der Waals surface area contributed by atoms with E-state index in [-0.39, 0.29) is 13.0 Å². The van der Waals surface area contributed by atoms with Gasteiger partial charge in [-0.25, -0.2) is 4.39 Å². The molecule has 1 heterocycles. The molecule has 3 nitrogen and oxygen atoms in total. The second-order valence-electron chi connectivity index (χ2n) is 1.87. The number of carbonyl (C=O) groups is 2. The Hall–Kier alpha value is -0.930. The van der Waals surface area contributed by atoms with Gasteiger partial charge in [-0.2, -0.15) is 0 Å². The molecule has 1 aliphatic heterocycles. The van der Waals surface area contributed by atoms with Gasteiger partial charge < -0.3 is 5.32 Å². The zero-order chi connectivity index (χ0) is 6.85. The number of piperidine rings is 1. The summed E-state index contributed by atoms with van der Waals surface area (Å²) in [5, 5.41) is 2.23. The van der Waals surface area contributed by atoms with Crippen molar-refractivity contribution >= 4 is 11.7 Å². The minimum absolute atomic E-state index is 0.118. The third kappa shape index (κ3) is 1.06. The third-order valence-electron chi connectivity index (χ3n) is 1.18. The van der Waals surface area contributed by atoms with Crippen molar-refractivity contribution in [2.75, 3.05) is 6.54 Å². The van der Waals surface area contributed by atoms with Crippen molar-refractivity contribution in [1.29, 1.82) is 0 Å². The van der Waals surface area contributed by atoms with Crippen LogP contribution in [0.1, 0.15) is 6.42 Å². The number of halogens is 1. The first-order valence-electron chi connectivity index (χ1n) is 2.66. The molecule has 0 aromatic carbocycles. The van der Waals surface area contributed by atoms with E-state index in [0.29, 0.717) is 0 Å². The van der Waals surface area contributed by atoms with Crippen LogP contribution in [0.3, 0.4) is 0 Å². The number of nitrogens with one attached hydrogen (secondary N) is 1. The van der Waals surface area contributed by atoms with E-state index in [1.165, 1.54) is 0 Å². The fourth-order valence-electron chi connectivity index (χ4n) is 0.671. The van der Waals surface area contributed by atoms with Crippen molar-refractivity contribution in [3.05, 3.63) is 0 Å². The van der Waals surface area contributed by atoms with Gasteiger partial charge in [-0.1, -0.05) is 0 Å². The number of hydrogen-bond donors (Lipinski definition) is 1. The molecule has 1 unspecified atom stereocenters. The van der Waals surface area contributed by atoms with Crippen LogP contribution in [0, 0.1) is 0 Å². The summed E-state index contributed by atoms with van der Waals surface area (Å²) in [4.78, 5) is 20.7. The van der Waals surface area contributed by atoms with Crippen LogP contribution < -0.4 is 5.32 Å². The second-order valence-corrected chi connectivity index (χ2v) is 1.87. The molecule has 1 saturated heterocycles. The fourth-order valence-corrected chi connectivity index (χ4v) is 0.671. The van der Waals surface area contributed by atoms with Crippen molar-refractivity contribution in [3.8, 4) is 0 Å². The predicted molar refractivity (Wildman–Crippen MR) is 27.5 cm³/mol. The largest absolute Gasteiger partial charge is 0.353 e. The van der Waals surface area contributed by atoms with E-state index in [1.807, 2.05) is 0 Å². The number of Topliss-reactive ketones (excluding diaryl/α,β-unsaturated/α-hetero) is 1. The summed E-state index contributed by atoms with van der Waals surface area (Å²) in [5.41, 5.74) is 0. The normalized spacial score (nSPS) is 27.9. The zero-order valence-electron chi connectivity index (χ0n) is 4.69. The highest BCUT2D eigenvalue weighted by atomic mass is 19.1. The number of alkyl halides is 1. The van der Waals surface area contributed by atoms with E-state index in [4.69, 9.17) is 0 Å². The summed E-state index contributed by atoms with van der Waals surface area (Å²) >= 11 is 0. The molecule has 0 radical (unpaired) electrons. The monoisotopic (exact) mass is 131 g/mol. The Morgan fingerprint density at radius 1 is 1.56 bits per heavy atom. The van der Waals surface area contributed by atoms with E-state index in [0.717, 1.165) is 0 Å². The first-order chi connectivity index (χ1) is 4.22. The van der Waals surface area contributed by atoms with Crippen LogP contribution in [0.4, 0.5) is 4.39 Å². The van der Waals surface area contributed by atoms with Crippen LogP contribution in [-0.2, 0) is 9.59 Å². The Labute approximate surface area is 51.2 Å². The van der Waals surface area contributed by atoms with Gasteiger partial charge in [0.25, 0.3) is 5.91 Å². The molecule has 50 valence electrons. The number of ketones is 1. The van der Waals surface area contributed by atoms with Crippen molar-refractivity contribution in [2.24, 2.45) is 0 Å². The standard InChI is InChI=1S/C5H6FNO2/c6-4-3(8)1-2-7-5(4)9/h4H,1-2H2,(H,7,9). The average Bonchev–Trinajstić information content (AvgIpc) is 1.83. The van der Waals surface area contributed by atoms with Crippen LogP contribution in [0.25, 0.3) is 0 Å². The summed E-state index contributed by atoms with van der Waals surface area (Å²) < 4.78 is 12.2. The van der Waals surface area contributed by atoms with E-state index in [9.17, 15) is 14.0 Å². The summed E-state index contributed by atoms with van der Waals surface area (Å²) in [6.45, 7) is 0.276. The minimum Gasteiger partial charge on any atom is -0.353 e. The molecular formula is C5H6FNO2. The molecule has 1 aliphatic rings. The summed E-state index contributed by atoms with van der Waals surface area (Å²) in [5.74, 6) is -1.41. The number of carbonyl (C=O) groups excluding carboxylic acids is 2. The maximum absolute atomic E-state index is 12.2. The summed E-state index contributed by atoms with van der Waals surface area (Å²) in [6, 6.07) is 0. The van der Waals surface area contributed by atoms with Gasteiger partial charge in [-0.3, -0.25) is 9.59 Å². The molecule has 0 bridgehead atoms. The minimum atomic E-state index is -1.92. The third-order valence-corrected chi connectivity index (χ3v) is 1.18. The number of hydrogen-bond acceptors (Lipinski definition) is 2. The molecule has 1 atom stereocenters. The maximum Gasteiger partial charge on any atom is 0.262 e. The summed E-state index contributed by atoms with van der Waals surface area (Å²) in [7, 11) is 0. The highest BCUT2D eigenvalue weighted by Crippen LogP contribution is 2.01. The molecular weight excluding hydrogens is 125 g/mol. The second kappa shape index (κ2) is 2.13. The van der Waals surface area contributed by atoms with Gasteiger partial charge in [0.1, 0.15) is 0 Å². The van der Waals surface area contributed by atoms with Gasteiger partial charge in [0, 0.05) is 13.0 Å². The van der Waals surface area contributed by atoms with E-state index in [2.05, 4.69) is 5.32 Å². The summed E-state index contributed by atoms with van der Waals surface area (Å²) in [6.07, 6.45) is -1.80. The van der Waals surface area contributed by atoms with Crippen LogP contribution >= 0.6 is 0 Å². The Bertz CT molecular complexity index is 141. The van der Waals surface area contributed by atoms with E-state index >= 15 is 0 Å². The quantitative estimate of drug-likeness (QED) is 0.447. The molecule has 0 saturated carbocycles. The number of rotatable bonds is 0. The van der Waals surface area contributed by atoms with Gasteiger partial charge >= 0.3 is 0 Å². The molecule has 0 aromatic heterocycles. The Balaban J connectivity index is 2.62. The van der Waals surface area contributed by atoms with Crippen molar-refractivity contribution in [1.82, 2.24) is 5.32 Å². The van der Waals surface area contributed by atoms with Gasteiger partial charge in [0.15, 0.2) is 5.78 Å². The molecule has 4 heteroatoms. The van der Waals surface area contributed by atoms with Crippen LogP contribution in [0.5, 0.6) is 0 Å². The zero-order valence-corrected chi connectivity index (χ0v) is 4.69. The smallest absolute Gasteiger partial charge is 0.262 e. The van der Waals surface area contributed by atoms with Gasteiger partial charge in [0.05, 0.1) is 0 Å². The fraction of sp³-hybridized carbons (Fsp3) is 0.600. The highest BCUT2D eigenvalue weighted by molar-refractivity contribution is 6.06. The lowest BCUT2D eigenvalue weighted by molar-refractivity contribution is -0.137. The van der Waals surface area contributed by atoms with E-state index < -0.39 is 17.9 Å². The van der Waals surface area contributed by atoms with Crippen LogP contribution in [0.2, 0.25) is 0 Å². The lowest BCUT2D eigenvalue weighted by Crippen LogP contribution is -2.43. The highest BCUT2D eigenvalue weighted by Gasteiger charge is 2.28. The van der Waals surface area contributed by atoms with Crippen LogP contribution in [0.15, 0.2) is 0 Å². The molecule has 0 aliphatic carbocycles. The average molecular weight is 131 g/mol. The molecule has 0 spiro atoms. The van der Waals surface area contributed by atoms with Gasteiger partial charge in [-0.15, -0.1) is 0 Å². The molecule has 1 amide bonds.